The van der Waals surface area contributed by atoms with Gasteiger partial charge in [-0.2, -0.15) is 0 Å². The molecule has 50 heavy (non-hydrogen) atoms. The smallest absolute Gasteiger partial charge is 0.291 e. The summed E-state index contributed by atoms with van der Waals surface area (Å²) >= 11 is 0. The second-order valence-electron chi connectivity index (χ2n) is 13.3. The molecule has 0 bridgehead atoms. The van der Waals surface area contributed by atoms with Crippen molar-refractivity contribution >= 4 is 23.4 Å². The van der Waals surface area contributed by atoms with E-state index in [4.69, 9.17) is 19.4 Å². The molecule has 3 aromatic heterocycles. The molecule has 0 aliphatic carbocycles. The predicted molar refractivity (Wildman–Crippen MR) is 202 cm³/mol. The molecule has 7 aromatic rings. The molecule has 0 saturated heterocycles. The van der Waals surface area contributed by atoms with Gasteiger partial charge in [-0.25, -0.2) is 0 Å². The molecular formula is C43H35BN4O2. The maximum absolute atomic E-state index is 6.55. The monoisotopic (exact) mass is 650 g/mol. The van der Waals surface area contributed by atoms with Gasteiger partial charge in [0.1, 0.15) is 23.0 Å². The third-order valence-electron chi connectivity index (χ3n) is 9.01. The highest BCUT2D eigenvalue weighted by Crippen LogP contribution is 2.34. The lowest BCUT2D eigenvalue weighted by molar-refractivity contribution is 0.482. The van der Waals surface area contributed by atoms with E-state index in [9.17, 15) is 0 Å². The van der Waals surface area contributed by atoms with Crippen LogP contribution < -0.4 is 26.1 Å². The number of nitrogens with zero attached hydrogens (tertiary/aromatic N) is 4. The van der Waals surface area contributed by atoms with Crippen LogP contribution in [0.25, 0.3) is 33.6 Å². The van der Waals surface area contributed by atoms with Crippen molar-refractivity contribution < 1.29 is 9.47 Å². The van der Waals surface area contributed by atoms with Crippen LogP contribution in [0.5, 0.6) is 23.0 Å². The van der Waals surface area contributed by atoms with E-state index in [0.29, 0.717) is 0 Å². The first kappa shape index (κ1) is 31.2. The van der Waals surface area contributed by atoms with E-state index in [-0.39, 0.29) is 6.71 Å². The molecule has 0 unspecified atom stereocenters. The van der Waals surface area contributed by atoms with E-state index in [2.05, 4.69) is 98.3 Å². The fraction of sp³-hybridized carbons (Fsp3) is 0.116. The number of aromatic nitrogens is 4. The van der Waals surface area contributed by atoms with Crippen molar-refractivity contribution in [3.8, 4) is 56.6 Å². The summed E-state index contributed by atoms with van der Waals surface area (Å²) in [5.41, 5.74) is 14.6. The Morgan fingerprint density at radius 1 is 0.420 bits per heavy atom. The quantitative estimate of drug-likeness (QED) is 0.162. The topological polar surface area (TPSA) is 70.0 Å². The van der Waals surface area contributed by atoms with Crippen molar-refractivity contribution in [1.29, 1.82) is 0 Å². The van der Waals surface area contributed by atoms with E-state index in [1.54, 1.807) is 0 Å². The molecule has 4 aromatic carbocycles. The van der Waals surface area contributed by atoms with Gasteiger partial charge in [-0.15, -0.1) is 0 Å². The summed E-state index contributed by atoms with van der Waals surface area (Å²) in [7, 11) is 0. The van der Waals surface area contributed by atoms with Gasteiger partial charge < -0.3 is 9.47 Å². The molecule has 0 spiro atoms. The molecule has 1 aliphatic rings. The molecule has 0 amide bonds. The first-order valence-electron chi connectivity index (χ1n) is 16.8. The molecule has 242 valence electrons. The van der Waals surface area contributed by atoms with Crippen molar-refractivity contribution in [2.75, 3.05) is 0 Å². The summed E-state index contributed by atoms with van der Waals surface area (Å²) in [5, 5.41) is 0. The number of fused-ring (bicyclic) bond motifs is 3. The second kappa shape index (κ2) is 12.8. The maximum Gasteiger partial charge on any atom is 0.291 e. The molecule has 0 radical (unpaired) electrons. The number of aryl methyl sites for hydroxylation is 5. The number of pyridine rings is 2. The summed E-state index contributed by atoms with van der Waals surface area (Å²) < 4.78 is 13.1. The third-order valence-corrected chi connectivity index (χ3v) is 9.01. The van der Waals surface area contributed by atoms with E-state index in [1.165, 1.54) is 11.1 Å². The highest BCUT2D eigenvalue weighted by atomic mass is 16.5. The molecule has 0 saturated carbocycles. The summed E-state index contributed by atoms with van der Waals surface area (Å²) in [6.07, 6.45) is 7.44. The van der Waals surface area contributed by atoms with E-state index in [1.807, 2.05) is 68.1 Å². The lowest BCUT2D eigenvalue weighted by Gasteiger charge is -2.13. The Morgan fingerprint density at radius 2 is 0.900 bits per heavy atom. The van der Waals surface area contributed by atoms with Gasteiger partial charge in [-0.05, 0) is 158 Å². The van der Waals surface area contributed by atoms with Crippen LogP contribution >= 0.6 is 0 Å². The van der Waals surface area contributed by atoms with E-state index in [0.717, 1.165) is 90.0 Å². The first-order chi connectivity index (χ1) is 24.3. The molecule has 8 rings (SSSR count). The first-order valence-corrected chi connectivity index (χ1v) is 16.8. The van der Waals surface area contributed by atoms with Crippen molar-refractivity contribution in [2.24, 2.45) is 0 Å². The van der Waals surface area contributed by atoms with Crippen molar-refractivity contribution in [1.82, 2.24) is 19.9 Å². The van der Waals surface area contributed by atoms with Gasteiger partial charge in [0.15, 0.2) is 0 Å². The van der Waals surface area contributed by atoms with Crippen LogP contribution in [0.4, 0.5) is 0 Å². The number of benzene rings is 4. The minimum atomic E-state index is -0.193. The second-order valence-corrected chi connectivity index (χ2v) is 13.3. The van der Waals surface area contributed by atoms with Crippen molar-refractivity contribution in [3.05, 3.63) is 150 Å². The normalized spacial score (nSPS) is 11.7. The molecular weight excluding hydrogens is 615 g/mol. The van der Waals surface area contributed by atoms with Gasteiger partial charge in [0.05, 0.1) is 17.1 Å². The van der Waals surface area contributed by atoms with Crippen molar-refractivity contribution in [3.63, 3.8) is 0 Å². The van der Waals surface area contributed by atoms with Crippen LogP contribution in [-0.4, -0.2) is 26.6 Å². The van der Waals surface area contributed by atoms with E-state index < -0.39 is 0 Å². The standard InChI is InChI=1S/C43H35BN4O2/c1-26-10-12-45-41(18-26)31-14-28(3)16-35(20-31)49-33-6-8-37-38-9-7-34(23-40(38)44(39(37)22-33)43-47-24-30(5)25-48-43)50-36-17-29(4)15-32(21-36)42-19-27(2)11-13-46-42/h6-25H,1-5H3. The predicted octanol–water partition coefficient (Wildman–Crippen LogP) is 8.22. The fourth-order valence-electron chi connectivity index (χ4n) is 6.74. The van der Waals surface area contributed by atoms with E-state index >= 15 is 0 Å². The average Bonchev–Trinajstić information content (AvgIpc) is 3.41. The molecule has 1 aliphatic heterocycles. The third kappa shape index (κ3) is 6.26. The molecule has 0 N–H and O–H groups in total. The van der Waals surface area contributed by atoms with Gasteiger partial charge in [-0.3, -0.25) is 19.9 Å². The molecule has 7 heteroatoms. The Kier molecular flexibility index (Phi) is 7.96. The Hall–Kier alpha value is -6.08. The molecule has 6 nitrogen and oxygen atoms in total. The summed E-state index contributed by atoms with van der Waals surface area (Å²) in [6, 6.07) is 33.3. The highest BCUT2D eigenvalue weighted by Gasteiger charge is 2.36. The number of hydrogen-bond donors (Lipinski definition) is 0. The van der Waals surface area contributed by atoms with Crippen LogP contribution in [0.15, 0.2) is 122 Å². The zero-order chi connectivity index (χ0) is 34.4. The van der Waals surface area contributed by atoms with Crippen molar-refractivity contribution in [2.45, 2.75) is 34.6 Å². The van der Waals surface area contributed by atoms with Crippen LogP contribution in [-0.2, 0) is 0 Å². The van der Waals surface area contributed by atoms with Crippen LogP contribution in [0.1, 0.15) is 27.8 Å². The van der Waals surface area contributed by atoms with Gasteiger partial charge in [-0.1, -0.05) is 23.1 Å². The average molecular weight is 651 g/mol. The van der Waals surface area contributed by atoms with Gasteiger partial charge in [0, 0.05) is 35.9 Å². The lowest BCUT2D eigenvalue weighted by Crippen LogP contribution is -2.51. The molecule has 4 heterocycles. The summed E-state index contributed by atoms with van der Waals surface area (Å²) in [6.45, 7) is 10.1. The number of rotatable bonds is 7. The summed E-state index contributed by atoms with van der Waals surface area (Å²) in [4.78, 5) is 18.8. The Labute approximate surface area is 293 Å². The van der Waals surface area contributed by atoms with Gasteiger partial charge in [0.25, 0.3) is 6.71 Å². The number of hydrogen-bond acceptors (Lipinski definition) is 6. The van der Waals surface area contributed by atoms with Gasteiger partial charge >= 0.3 is 0 Å². The Morgan fingerprint density at radius 3 is 1.36 bits per heavy atom. The largest absolute Gasteiger partial charge is 0.457 e. The number of ether oxygens (including phenoxy) is 2. The Balaban J connectivity index is 1.15. The minimum Gasteiger partial charge on any atom is -0.457 e. The molecule has 0 fully saturated rings. The lowest BCUT2D eigenvalue weighted by atomic mass is 9.42. The minimum absolute atomic E-state index is 0.193. The molecule has 0 atom stereocenters. The van der Waals surface area contributed by atoms with Crippen LogP contribution in [0, 0.1) is 34.6 Å². The van der Waals surface area contributed by atoms with Crippen LogP contribution in [0.3, 0.4) is 0 Å². The SMILES string of the molecule is Cc1cnc(B2c3cc(Oc4cc(C)cc(-c5cc(C)ccn5)c4)ccc3-c3ccc(Oc4cc(C)cc(-c5cc(C)ccn5)c4)cc32)nc1. The highest BCUT2D eigenvalue weighted by molar-refractivity contribution is 6.98. The summed E-state index contributed by atoms with van der Waals surface area (Å²) in [5.74, 6) is 3.01. The van der Waals surface area contributed by atoms with Crippen LogP contribution in [0.2, 0.25) is 0 Å². The zero-order valence-corrected chi connectivity index (χ0v) is 28.7. The van der Waals surface area contributed by atoms with Gasteiger partial charge in [0.2, 0.25) is 0 Å². The zero-order valence-electron chi connectivity index (χ0n) is 28.7. The Bertz CT molecular complexity index is 2260. The fourth-order valence-corrected chi connectivity index (χ4v) is 6.74. The maximum atomic E-state index is 6.55.